The van der Waals surface area contributed by atoms with Crippen LogP contribution in [-0.4, -0.2) is 33.3 Å². The summed E-state index contributed by atoms with van der Waals surface area (Å²) in [6.45, 7) is 2.81. The molecule has 1 aromatic heterocycles. The van der Waals surface area contributed by atoms with Crippen molar-refractivity contribution in [2.45, 2.75) is 25.6 Å². The summed E-state index contributed by atoms with van der Waals surface area (Å²) in [4.78, 5) is 15.0. The minimum atomic E-state index is -4.80. The van der Waals surface area contributed by atoms with Gasteiger partial charge in [0.25, 0.3) is 5.91 Å². The molecule has 0 unspecified atom stereocenters. The highest BCUT2D eigenvalue weighted by Gasteiger charge is 2.38. The Morgan fingerprint density at radius 2 is 2.00 bits per heavy atom. The molecular formula is C14H13F4N3O3. The molecule has 2 rings (SSSR count). The van der Waals surface area contributed by atoms with Crippen molar-refractivity contribution in [3.05, 3.63) is 35.5 Å². The average molecular weight is 347 g/mol. The summed E-state index contributed by atoms with van der Waals surface area (Å²) in [5.74, 6) is -3.75. The van der Waals surface area contributed by atoms with Gasteiger partial charge in [-0.3, -0.25) is 4.79 Å². The maximum Gasteiger partial charge on any atom is 0.471 e. The number of nitrogens with zero attached hydrogens (tertiary/aromatic N) is 2. The van der Waals surface area contributed by atoms with Crippen LogP contribution < -0.4 is 5.32 Å². The highest BCUT2D eigenvalue weighted by atomic mass is 19.4. The van der Waals surface area contributed by atoms with Crippen LogP contribution in [0, 0.1) is 5.82 Å². The zero-order valence-corrected chi connectivity index (χ0v) is 12.6. The van der Waals surface area contributed by atoms with E-state index < -0.39 is 35.2 Å². The average Bonchev–Trinajstić information content (AvgIpc) is 2.93. The van der Waals surface area contributed by atoms with Gasteiger partial charge in [0, 0.05) is 12.1 Å². The summed E-state index contributed by atoms with van der Waals surface area (Å²) in [6.07, 6.45) is -4.80. The van der Waals surface area contributed by atoms with Crippen molar-refractivity contribution in [2.24, 2.45) is 0 Å². The Kier molecular flexibility index (Phi) is 4.61. The number of benzene rings is 1. The molecule has 1 heterocycles. The van der Waals surface area contributed by atoms with Gasteiger partial charge in [0.2, 0.25) is 5.82 Å². The van der Waals surface area contributed by atoms with E-state index in [1.165, 1.54) is 19.9 Å². The molecule has 0 aliphatic carbocycles. The Bertz CT molecular complexity index is 750. The van der Waals surface area contributed by atoms with Crippen molar-refractivity contribution in [2.75, 3.05) is 6.54 Å². The highest BCUT2D eigenvalue weighted by Crippen LogP contribution is 2.29. The third kappa shape index (κ3) is 4.28. The molecule has 10 heteroatoms. The number of carbonyl (C=O) groups excluding carboxylic acids is 1. The van der Waals surface area contributed by atoms with E-state index >= 15 is 0 Å². The fourth-order valence-corrected chi connectivity index (χ4v) is 1.69. The molecule has 24 heavy (non-hydrogen) atoms. The van der Waals surface area contributed by atoms with Gasteiger partial charge in [-0.25, -0.2) is 4.39 Å². The normalized spacial score (nSPS) is 12.3. The zero-order valence-electron chi connectivity index (χ0n) is 12.6. The Morgan fingerprint density at radius 1 is 1.33 bits per heavy atom. The SMILES string of the molecule is CC(C)(O)CNC(=O)c1ccc(-c2noc(C(F)(F)F)n2)cc1F. The fourth-order valence-electron chi connectivity index (χ4n) is 1.69. The van der Waals surface area contributed by atoms with E-state index in [1.54, 1.807) is 0 Å². The van der Waals surface area contributed by atoms with Crippen molar-refractivity contribution in [1.82, 2.24) is 15.5 Å². The quantitative estimate of drug-likeness (QED) is 0.829. The van der Waals surface area contributed by atoms with Crippen LogP contribution in [0.5, 0.6) is 0 Å². The van der Waals surface area contributed by atoms with Crippen LogP contribution in [0.4, 0.5) is 17.6 Å². The van der Waals surface area contributed by atoms with Crippen molar-refractivity contribution in [1.29, 1.82) is 0 Å². The van der Waals surface area contributed by atoms with Crippen LogP contribution in [0.15, 0.2) is 22.7 Å². The molecule has 2 N–H and O–H groups in total. The van der Waals surface area contributed by atoms with Gasteiger partial charge in [0.05, 0.1) is 11.2 Å². The standard InChI is InChI=1S/C14H13F4N3O3/c1-13(2,23)6-19-11(22)8-4-3-7(5-9(8)15)10-20-12(24-21-10)14(16,17)18/h3-5,23H,6H2,1-2H3,(H,19,22). The van der Waals surface area contributed by atoms with E-state index in [1.807, 2.05) is 0 Å². The molecule has 0 saturated heterocycles. The fraction of sp³-hybridized carbons (Fsp3) is 0.357. The number of hydrogen-bond donors (Lipinski definition) is 2. The molecule has 0 saturated carbocycles. The second-order valence-corrected chi connectivity index (χ2v) is 5.61. The molecule has 0 atom stereocenters. The van der Waals surface area contributed by atoms with Crippen molar-refractivity contribution in [3.63, 3.8) is 0 Å². The maximum absolute atomic E-state index is 14.0. The molecule has 0 aliphatic rings. The lowest BCUT2D eigenvalue weighted by Gasteiger charge is -2.17. The Morgan fingerprint density at radius 3 is 2.50 bits per heavy atom. The Labute approximate surface area is 133 Å². The minimum Gasteiger partial charge on any atom is -0.389 e. The summed E-state index contributed by atoms with van der Waals surface area (Å²) in [7, 11) is 0. The molecule has 0 radical (unpaired) electrons. The number of hydrogen-bond acceptors (Lipinski definition) is 5. The monoisotopic (exact) mass is 347 g/mol. The minimum absolute atomic E-state index is 0.0780. The zero-order chi connectivity index (χ0) is 18.1. The van der Waals surface area contributed by atoms with Gasteiger partial charge in [-0.15, -0.1) is 0 Å². The predicted molar refractivity (Wildman–Crippen MR) is 73.3 cm³/mol. The van der Waals surface area contributed by atoms with E-state index in [0.29, 0.717) is 0 Å². The topological polar surface area (TPSA) is 88.2 Å². The van der Waals surface area contributed by atoms with E-state index in [2.05, 4.69) is 20.0 Å². The van der Waals surface area contributed by atoms with Crippen LogP contribution >= 0.6 is 0 Å². The van der Waals surface area contributed by atoms with Crippen LogP contribution in [0.3, 0.4) is 0 Å². The summed E-state index contributed by atoms with van der Waals surface area (Å²) >= 11 is 0. The second-order valence-electron chi connectivity index (χ2n) is 5.61. The van der Waals surface area contributed by atoms with Gasteiger partial charge in [0.1, 0.15) is 5.82 Å². The molecule has 0 fully saturated rings. The van der Waals surface area contributed by atoms with Crippen LogP contribution in [-0.2, 0) is 6.18 Å². The summed E-state index contributed by atoms with van der Waals surface area (Å²) < 4.78 is 55.3. The van der Waals surface area contributed by atoms with E-state index in [9.17, 15) is 27.5 Å². The van der Waals surface area contributed by atoms with Crippen LogP contribution in [0.2, 0.25) is 0 Å². The molecule has 130 valence electrons. The first-order chi connectivity index (χ1) is 11.0. The molecule has 6 nitrogen and oxygen atoms in total. The Hall–Kier alpha value is -2.49. The molecular weight excluding hydrogens is 334 g/mol. The van der Waals surface area contributed by atoms with Gasteiger partial charge < -0.3 is 14.9 Å². The van der Waals surface area contributed by atoms with E-state index in [0.717, 1.165) is 12.1 Å². The van der Waals surface area contributed by atoms with Gasteiger partial charge >= 0.3 is 12.1 Å². The number of alkyl halides is 3. The van der Waals surface area contributed by atoms with E-state index in [-0.39, 0.29) is 17.7 Å². The largest absolute Gasteiger partial charge is 0.471 e. The maximum atomic E-state index is 14.0. The molecule has 0 aliphatic heterocycles. The van der Waals surface area contributed by atoms with E-state index in [4.69, 9.17) is 0 Å². The lowest BCUT2D eigenvalue weighted by molar-refractivity contribution is -0.159. The number of nitrogens with one attached hydrogen (secondary N) is 1. The number of carbonyl (C=O) groups is 1. The molecule has 1 aromatic carbocycles. The number of rotatable bonds is 4. The number of aliphatic hydroxyl groups is 1. The highest BCUT2D eigenvalue weighted by molar-refractivity contribution is 5.94. The first kappa shape index (κ1) is 17.9. The number of amides is 1. The van der Waals surface area contributed by atoms with Gasteiger partial charge in [0.15, 0.2) is 0 Å². The molecule has 0 bridgehead atoms. The second kappa shape index (κ2) is 6.19. The van der Waals surface area contributed by atoms with Gasteiger partial charge in [-0.2, -0.15) is 18.2 Å². The lowest BCUT2D eigenvalue weighted by Crippen LogP contribution is -2.38. The summed E-state index contributed by atoms with van der Waals surface area (Å²) in [5, 5.41) is 15.0. The van der Waals surface area contributed by atoms with Crippen molar-refractivity contribution in [3.8, 4) is 11.4 Å². The van der Waals surface area contributed by atoms with Crippen molar-refractivity contribution < 1.29 is 32.0 Å². The molecule has 2 aromatic rings. The van der Waals surface area contributed by atoms with Crippen LogP contribution in [0.25, 0.3) is 11.4 Å². The number of halogens is 4. The summed E-state index contributed by atoms with van der Waals surface area (Å²) in [6, 6.07) is 3.09. The number of aromatic nitrogens is 2. The predicted octanol–water partition coefficient (Wildman–Crippen LogP) is 2.40. The van der Waals surface area contributed by atoms with Gasteiger partial charge in [-0.1, -0.05) is 11.2 Å². The van der Waals surface area contributed by atoms with Gasteiger partial charge in [-0.05, 0) is 26.0 Å². The molecule has 1 amide bonds. The van der Waals surface area contributed by atoms with Crippen LogP contribution in [0.1, 0.15) is 30.1 Å². The first-order valence-corrected chi connectivity index (χ1v) is 6.69. The third-order valence-electron chi connectivity index (χ3n) is 2.82. The van der Waals surface area contributed by atoms with Crippen molar-refractivity contribution >= 4 is 5.91 Å². The third-order valence-corrected chi connectivity index (χ3v) is 2.82. The molecule has 0 spiro atoms. The summed E-state index contributed by atoms with van der Waals surface area (Å²) in [5.41, 5.74) is -1.58. The smallest absolute Gasteiger partial charge is 0.389 e. The lowest BCUT2D eigenvalue weighted by atomic mass is 10.1. The Balaban J connectivity index is 2.21. The first-order valence-electron chi connectivity index (χ1n) is 6.69.